The molecule has 0 saturated heterocycles. The van der Waals surface area contributed by atoms with Gasteiger partial charge in [0.25, 0.3) is 5.91 Å². The van der Waals surface area contributed by atoms with Crippen LogP contribution < -0.4 is 10.6 Å². The van der Waals surface area contributed by atoms with Crippen LogP contribution in [0.1, 0.15) is 21.6 Å². The van der Waals surface area contributed by atoms with E-state index >= 15 is 0 Å². The Morgan fingerprint density at radius 3 is 2.74 bits per heavy atom. The molecule has 1 amide bonds. The Morgan fingerprint density at radius 2 is 2.04 bits per heavy atom. The Hall–Kier alpha value is -2.87. The summed E-state index contributed by atoms with van der Waals surface area (Å²) in [6, 6.07) is 11.1. The number of carbonyl (C=O) groups excluding carboxylic acids is 1. The zero-order chi connectivity index (χ0) is 19.4. The van der Waals surface area contributed by atoms with Crippen molar-refractivity contribution in [1.82, 2.24) is 15.1 Å². The van der Waals surface area contributed by atoms with Crippen molar-refractivity contribution < 1.29 is 14.3 Å². The number of aromatic hydroxyl groups is 1. The van der Waals surface area contributed by atoms with Crippen LogP contribution in [0.3, 0.4) is 0 Å². The van der Waals surface area contributed by atoms with Crippen LogP contribution in [0.2, 0.25) is 0 Å². The van der Waals surface area contributed by atoms with Crippen molar-refractivity contribution in [3.63, 3.8) is 0 Å². The average molecular weight is 433 g/mol. The third-order valence-corrected chi connectivity index (χ3v) is 4.43. The number of phenolic OH excluding ortho intramolecular Hbond substituents is 1. The molecule has 0 bridgehead atoms. The van der Waals surface area contributed by atoms with Crippen LogP contribution in [-0.2, 0) is 20.1 Å². The molecule has 8 heteroatoms. The SMILES string of the molecule is Cn1ccc(CNc2ccc(C(=O)NCc3cc(Br)ccc3F)c(O)c2)n1. The highest BCUT2D eigenvalue weighted by Gasteiger charge is 2.13. The van der Waals surface area contributed by atoms with Crippen molar-refractivity contribution in [2.45, 2.75) is 13.1 Å². The number of halogens is 2. The molecule has 0 aliphatic rings. The second kappa shape index (κ2) is 8.22. The predicted molar refractivity (Wildman–Crippen MR) is 104 cm³/mol. The normalized spacial score (nSPS) is 10.6. The fourth-order valence-electron chi connectivity index (χ4n) is 2.53. The lowest BCUT2D eigenvalue weighted by atomic mass is 10.1. The van der Waals surface area contributed by atoms with Crippen molar-refractivity contribution in [1.29, 1.82) is 0 Å². The summed E-state index contributed by atoms with van der Waals surface area (Å²) in [5.74, 6) is -1.05. The summed E-state index contributed by atoms with van der Waals surface area (Å²) in [6.45, 7) is 0.511. The fraction of sp³-hybridized carbons (Fsp3) is 0.158. The maximum absolute atomic E-state index is 13.7. The molecule has 0 saturated carbocycles. The average Bonchev–Trinajstić information content (AvgIpc) is 3.06. The lowest BCUT2D eigenvalue weighted by Crippen LogP contribution is -2.23. The topological polar surface area (TPSA) is 79.2 Å². The van der Waals surface area contributed by atoms with Crippen LogP contribution in [0.25, 0.3) is 0 Å². The van der Waals surface area contributed by atoms with Gasteiger partial charge < -0.3 is 15.7 Å². The lowest BCUT2D eigenvalue weighted by molar-refractivity contribution is 0.0948. The highest BCUT2D eigenvalue weighted by Crippen LogP contribution is 2.23. The van der Waals surface area contributed by atoms with E-state index in [-0.39, 0.29) is 17.9 Å². The third kappa shape index (κ3) is 4.85. The number of aryl methyl sites for hydroxylation is 1. The number of hydrogen-bond donors (Lipinski definition) is 3. The van der Waals surface area contributed by atoms with Crippen molar-refractivity contribution in [2.24, 2.45) is 7.05 Å². The quantitative estimate of drug-likeness (QED) is 0.556. The minimum atomic E-state index is -0.483. The number of aromatic nitrogens is 2. The highest BCUT2D eigenvalue weighted by atomic mass is 79.9. The Balaban J connectivity index is 1.62. The Bertz CT molecular complexity index is 974. The van der Waals surface area contributed by atoms with E-state index in [0.29, 0.717) is 17.8 Å². The molecule has 3 rings (SSSR count). The van der Waals surface area contributed by atoms with Gasteiger partial charge in [0.15, 0.2) is 0 Å². The van der Waals surface area contributed by atoms with Gasteiger partial charge in [0, 0.05) is 41.6 Å². The molecule has 0 aliphatic carbocycles. The number of hydrogen-bond acceptors (Lipinski definition) is 4. The van der Waals surface area contributed by atoms with Crippen LogP contribution in [0, 0.1) is 5.82 Å². The summed E-state index contributed by atoms with van der Waals surface area (Å²) in [6.07, 6.45) is 1.84. The summed E-state index contributed by atoms with van der Waals surface area (Å²) in [7, 11) is 1.84. The molecule has 3 aromatic rings. The summed E-state index contributed by atoms with van der Waals surface area (Å²) in [5.41, 5.74) is 1.99. The zero-order valence-corrected chi connectivity index (χ0v) is 16.1. The first-order valence-corrected chi connectivity index (χ1v) is 8.99. The first-order chi connectivity index (χ1) is 12.9. The van der Waals surface area contributed by atoms with Crippen LogP contribution in [0.15, 0.2) is 53.1 Å². The van der Waals surface area contributed by atoms with Crippen molar-refractivity contribution in [2.75, 3.05) is 5.32 Å². The molecular formula is C19H18BrFN4O2. The van der Waals surface area contributed by atoms with Gasteiger partial charge in [0.2, 0.25) is 0 Å². The number of nitrogens with one attached hydrogen (secondary N) is 2. The first-order valence-electron chi connectivity index (χ1n) is 8.20. The van der Waals surface area contributed by atoms with Gasteiger partial charge in [-0.25, -0.2) is 4.39 Å². The minimum Gasteiger partial charge on any atom is -0.507 e. The molecule has 0 spiro atoms. The van der Waals surface area contributed by atoms with E-state index in [4.69, 9.17) is 0 Å². The van der Waals surface area contributed by atoms with Crippen LogP contribution in [0.4, 0.5) is 10.1 Å². The van der Waals surface area contributed by atoms with Gasteiger partial charge >= 0.3 is 0 Å². The lowest BCUT2D eigenvalue weighted by Gasteiger charge is -2.10. The summed E-state index contributed by atoms with van der Waals surface area (Å²) < 4.78 is 16.2. The molecule has 140 valence electrons. The van der Waals surface area contributed by atoms with Crippen LogP contribution in [0.5, 0.6) is 5.75 Å². The summed E-state index contributed by atoms with van der Waals surface area (Å²) >= 11 is 3.27. The molecule has 27 heavy (non-hydrogen) atoms. The largest absolute Gasteiger partial charge is 0.507 e. The van der Waals surface area contributed by atoms with Gasteiger partial charge in [-0.05, 0) is 36.4 Å². The third-order valence-electron chi connectivity index (χ3n) is 3.93. The molecule has 0 aliphatic heterocycles. The van der Waals surface area contributed by atoms with Gasteiger partial charge in [-0.1, -0.05) is 15.9 Å². The molecule has 0 atom stereocenters. The van der Waals surface area contributed by atoms with Crippen LogP contribution >= 0.6 is 15.9 Å². The second-order valence-electron chi connectivity index (χ2n) is 5.98. The monoisotopic (exact) mass is 432 g/mol. The van der Waals surface area contributed by atoms with Crippen LogP contribution in [-0.4, -0.2) is 20.8 Å². The molecular weight excluding hydrogens is 415 g/mol. The summed E-state index contributed by atoms with van der Waals surface area (Å²) in [4.78, 5) is 12.3. The van der Waals surface area contributed by atoms with Crippen molar-refractivity contribution in [3.05, 3.63) is 75.8 Å². The number of amides is 1. The number of nitrogens with zero attached hydrogens (tertiary/aromatic N) is 2. The number of anilines is 1. The Kier molecular flexibility index (Phi) is 5.75. The Morgan fingerprint density at radius 1 is 1.22 bits per heavy atom. The molecule has 3 N–H and O–H groups in total. The van der Waals surface area contributed by atoms with E-state index in [1.807, 2.05) is 19.3 Å². The maximum Gasteiger partial charge on any atom is 0.255 e. The number of carbonyl (C=O) groups is 1. The first kappa shape index (κ1) is 18.9. The molecule has 0 radical (unpaired) electrons. The predicted octanol–water partition coefficient (Wildman–Crippen LogP) is 3.57. The summed E-state index contributed by atoms with van der Waals surface area (Å²) in [5, 5.41) is 20.2. The molecule has 6 nitrogen and oxygen atoms in total. The van der Waals surface area contributed by atoms with Gasteiger partial charge in [0.1, 0.15) is 11.6 Å². The maximum atomic E-state index is 13.7. The van der Waals surface area contributed by atoms with Gasteiger partial charge in [0.05, 0.1) is 17.8 Å². The molecule has 1 aromatic heterocycles. The van der Waals surface area contributed by atoms with Crippen molar-refractivity contribution in [3.8, 4) is 5.75 Å². The van der Waals surface area contributed by atoms with Crippen molar-refractivity contribution >= 4 is 27.5 Å². The number of benzene rings is 2. The minimum absolute atomic E-state index is 0.0171. The van der Waals surface area contributed by atoms with E-state index in [0.717, 1.165) is 10.2 Å². The van der Waals surface area contributed by atoms with E-state index < -0.39 is 11.7 Å². The molecule has 0 fully saturated rings. The number of rotatable bonds is 6. The molecule has 0 unspecified atom stereocenters. The second-order valence-corrected chi connectivity index (χ2v) is 6.90. The zero-order valence-electron chi connectivity index (χ0n) is 14.5. The fourth-order valence-corrected chi connectivity index (χ4v) is 2.94. The van der Waals surface area contributed by atoms with E-state index in [1.54, 1.807) is 22.9 Å². The van der Waals surface area contributed by atoms with Gasteiger partial charge in [-0.3, -0.25) is 9.48 Å². The standard InChI is InChI=1S/C19H18BrFN4O2/c1-25-7-6-15(24-25)11-22-14-3-4-16(18(26)9-14)19(27)23-10-12-8-13(20)2-5-17(12)21/h2-9,22,26H,10-11H2,1H3,(H,23,27). The van der Waals surface area contributed by atoms with E-state index in [9.17, 15) is 14.3 Å². The highest BCUT2D eigenvalue weighted by molar-refractivity contribution is 9.10. The van der Waals surface area contributed by atoms with Gasteiger partial charge in [-0.15, -0.1) is 0 Å². The van der Waals surface area contributed by atoms with E-state index in [2.05, 4.69) is 31.7 Å². The smallest absolute Gasteiger partial charge is 0.255 e. The van der Waals surface area contributed by atoms with E-state index in [1.165, 1.54) is 18.2 Å². The number of phenols is 1. The Labute approximate surface area is 164 Å². The molecule has 1 heterocycles. The molecule has 2 aromatic carbocycles. The van der Waals surface area contributed by atoms with Gasteiger partial charge in [-0.2, -0.15) is 5.10 Å².